The van der Waals surface area contributed by atoms with Gasteiger partial charge in [0.15, 0.2) is 0 Å². The Morgan fingerprint density at radius 2 is 1.58 bits per heavy atom. The Bertz CT molecular complexity index is 91.1. The Labute approximate surface area is 81.1 Å². The number of nitrogens with zero attached hydrogens (tertiary/aromatic N) is 1. The van der Waals surface area contributed by atoms with Crippen LogP contribution in [0.4, 0.5) is 0 Å². The van der Waals surface area contributed by atoms with E-state index in [1.807, 2.05) is 0 Å². The summed E-state index contributed by atoms with van der Waals surface area (Å²) in [6.45, 7) is 5.03. The maximum Gasteiger partial charge on any atom is 0.0414 e. The van der Waals surface area contributed by atoms with Gasteiger partial charge in [-0.05, 0) is 51.9 Å². The normalized spacial score (nSPS) is 23.8. The molecule has 0 saturated carbocycles. The molecule has 2 aliphatic heterocycles. The predicted molar refractivity (Wildman–Crippen MR) is 56.8 cm³/mol. The zero-order chi connectivity index (χ0) is 8.65. The van der Waals surface area contributed by atoms with E-state index in [0.29, 0.717) is 0 Å². The minimum Gasteiger partial charge on any atom is -0.317 e. The number of hydrogen-bond acceptors (Lipinski definition) is 3. The standard InChI is InChI=1S/C5H11NS.C4H9N/c7-5-6-3-1-2-4-6;1-2-4-5-3-1/h7H,1-5H2;5H,1-4H2. The molecule has 2 aliphatic rings. The molecule has 2 heterocycles. The molecule has 2 nitrogen and oxygen atoms in total. The Balaban J connectivity index is 0.000000127. The third-order valence-electron chi connectivity index (χ3n) is 2.36. The molecule has 72 valence electrons. The molecule has 2 saturated heterocycles. The third kappa shape index (κ3) is 4.33. The highest BCUT2D eigenvalue weighted by Gasteiger charge is 2.07. The molecule has 0 amide bonds. The Hall–Kier alpha value is 0.270. The molecule has 0 aromatic heterocycles. The SMILES string of the molecule is C1CCNC1.SCN1CCCC1. The summed E-state index contributed by atoms with van der Waals surface area (Å²) in [5, 5.41) is 3.22. The lowest BCUT2D eigenvalue weighted by Crippen LogP contribution is -2.16. The monoisotopic (exact) mass is 188 g/mol. The maximum atomic E-state index is 4.14. The summed E-state index contributed by atoms with van der Waals surface area (Å²) in [7, 11) is 0. The van der Waals surface area contributed by atoms with Crippen molar-refractivity contribution in [2.24, 2.45) is 0 Å². The van der Waals surface area contributed by atoms with Gasteiger partial charge in [-0.15, -0.1) is 0 Å². The molecule has 0 unspecified atom stereocenters. The van der Waals surface area contributed by atoms with Crippen LogP contribution in [0.2, 0.25) is 0 Å². The quantitative estimate of drug-likeness (QED) is 0.604. The van der Waals surface area contributed by atoms with Crippen LogP contribution in [0.5, 0.6) is 0 Å². The summed E-state index contributed by atoms with van der Waals surface area (Å²) >= 11 is 4.14. The highest BCUT2D eigenvalue weighted by atomic mass is 32.1. The molecule has 0 radical (unpaired) electrons. The van der Waals surface area contributed by atoms with Crippen molar-refractivity contribution in [3.05, 3.63) is 0 Å². The van der Waals surface area contributed by atoms with Crippen LogP contribution in [-0.2, 0) is 0 Å². The van der Waals surface area contributed by atoms with Gasteiger partial charge in [-0.3, -0.25) is 4.90 Å². The van der Waals surface area contributed by atoms with E-state index in [2.05, 4.69) is 22.8 Å². The van der Waals surface area contributed by atoms with Crippen LogP contribution in [0.25, 0.3) is 0 Å². The van der Waals surface area contributed by atoms with Crippen LogP contribution in [-0.4, -0.2) is 37.0 Å². The van der Waals surface area contributed by atoms with Gasteiger partial charge in [0.2, 0.25) is 0 Å². The van der Waals surface area contributed by atoms with Crippen LogP contribution in [0.3, 0.4) is 0 Å². The second kappa shape index (κ2) is 6.75. The summed E-state index contributed by atoms with van der Waals surface area (Å²) in [5.41, 5.74) is 0. The second-order valence-corrected chi connectivity index (χ2v) is 3.71. The van der Waals surface area contributed by atoms with E-state index in [1.54, 1.807) is 0 Å². The highest BCUT2D eigenvalue weighted by molar-refractivity contribution is 7.80. The van der Waals surface area contributed by atoms with Crippen molar-refractivity contribution in [1.82, 2.24) is 10.2 Å². The number of hydrogen-bond donors (Lipinski definition) is 2. The van der Waals surface area contributed by atoms with E-state index in [-0.39, 0.29) is 0 Å². The van der Waals surface area contributed by atoms with Crippen molar-refractivity contribution < 1.29 is 0 Å². The summed E-state index contributed by atoms with van der Waals surface area (Å²) in [6.07, 6.45) is 5.53. The first-order valence-electron chi connectivity index (χ1n) is 4.97. The van der Waals surface area contributed by atoms with Crippen LogP contribution in [0.15, 0.2) is 0 Å². The fraction of sp³-hybridized carbons (Fsp3) is 1.00. The molecule has 0 aliphatic carbocycles. The molecule has 0 aromatic carbocycles. The van der Waals surface area contributed by atoms with Gasteiger partial charge in [-0.25, -0.2) is 0 Å². The molecule has 1 N–H and O–H groups in total. The first kappa shape index (κ1) is 10.4. The lowest BCUT2D eigenvalue weighted by molar-refractivity contribution is 0.402. The number of thiol groups is 1. The maximum absolute atomic E-state index is 4.14. The van der Waals surface area contributed by atoms with Crippen LogP contribution < -0.4 is 5.32 Å². The van der Waals surface area contributed by atoms with E-state index < -0.39 is 0 Å². The molecule has 0 aromatic rings. The van der Waals surface area contributed by atoms with Crippen LogP contribution in [0, 0.1) is 0 Å². The first-order valence-corrected chi connectivity index (χ1v) is 5.60. The zero-order valence-corrected chi connectivity index (χ0v) is 8.65. The lowest BCUT2D eigenvalue weighted by atomic mass is 10.4. The third-order valence-corrected chi connectivity index (χ3v) is 2.76. The average Bonchev–Trinajstić information content (AvgIpc) is 2.81. The topological polar surface area (TPSA) is 15.3 Å². The van der Waals surface area contributed by atoms with Gasteiger partial charge in [0.05, 0.1) is 0 Å². The molecular formula is C9H20N2S. The molecule has 0 spiro atoms. The number of nitrogens with one attached hydrogen (secondary N) is 1. The van der Waals surface area contributed by atoms with Crippen LogP contribution >= 0.6 is 12.6 Å². The molecule has 12 heavy (non-hydrogen) atoms. The van der Waals surface area contributed by atoms with Crippen molar-refractivity contribution in [3.63, 3.8) is 0 Å². The molecule has 2 fully saturated rings. The smallest absolute Gasteiger partial charge is 0.0414 e. The lowest BCUT2D eigenvalue weighted by Gasteiger charge is -2.07. The number of likely N-dealkylation sites (tertiary alicyclic amines) is 1. The fourth-order valence-corrected chi connectivity index (χ4v) is 1.83. The van der Waals surface area contributed by atoms with E-state index in [0.717, 1.165) is 5.88 Å². The Kier molecular flexibility index (Phi) is 5.82. The summed E-state index contributed by atoms with van der Waals surface area (Å²) in [6, 6.07) is 0. The minimum atomic E-state index is 0.944. The van der Waals surface area contributed by atoms with Crippen molar-refractivity contribution >= 4 is 12.6 Å². The molecule has 0 atom stereocenters. The van der Waals surface area contributed by atoms with Crippen molar-refractivity contribution in [2.45, 2.75) is 25.7 Å². The minimum absolute atomic E-state index is 0.944. The van der Waals surface area contributed by atoms with E-state index in [9.17, 15) is 0 Å². The Morgan fingerprint density at radius 3 is 1.83 bits per heavy atom. The van der Waals surface area contributed by atoms with E-state index in [4.69, 9.17) is 0 Å². The van der Waals surface area contributed by atoms with Crippen molar-refractivity contribution in [2.75, 3.05) is 32.1 Å². The summed E-state index contributed by atoms with van der Waals surface area (Å²) in [5.74, 6) is 0.944. The fourth-order valence-electron chi connectivity index (χ4n) is 1.55. The van der Waals surface area contributed by atoms with Crippen molar-refractivity contribution in [3.8, 4) is 0 Å². The van der Waals surface area contributed by atoms with Gasteiger partial charge >= 0.3 is 0 Å². The molecule has 2 rings (SSSR count). The summed E-state index contributed by atoms with van der Waals surface area (Å²) in [4.78, 5) is 2.35. The number of rotatable bonds is 1. The largest absolute Gasteiger partial charge is 0.317 e. The highest BCUT2D eigenvalue weighted by Crippen LogP contribution is 2.06. The van der Waals surface area contributed by atoms with E-state index in [1.165, 1.54) is 51.9 Å². The average molecular weight is 188 g/mol. The Morgan fingerprint density at radius 1 is 1.00 bits per heavy atom. The zero-order valence-electron chi connectivity index (χ0n) is 7.76. The van der Waals surface area contributed by atoms with Gasteiger partial charge in [0.1, 0.15) is 0 Å². The van der Waals surface area contributed by atoms with Gasteiger partial charge in [0, 0.05) is 5.88 Å². The second-order valence-electron chi connectivity index (χ2n) is 3.42. The molecule has 0 bridgehead atoms. The predicted octanol–water partition coefficient (Wildman–Crippen LogP) is 1.34. The van der Waals surface area contributed by atoms with E-state index >= 15 is 0 Å². The van der Waals surface area contributed by atoms with Gasteiger partial charge in [0.25, 0.3) is 0 Å². The molecule has 3 heteroatoms. The first-order chi connectivity index (χ1) is 5.93. The van der Waals surface area contributed by atoms with Crippen LogP contribution in [0.1, 0.15) is 25.7 Å². The molecular weight excluding hydrogens is 168 g/mol. The summed E-state index contributed by atoms with van der Waals surface area (Å²) < 4.78 is 0. The van der Waals surface area contributed by atoms with Gasteiger partial charge in [-0.2, -0.15) is 12.6 Å². The van der Waals surface area contributed by atoms with Crippen molar-refractivity contribution in [1.29, 1.82) is 0 Å². The van der Waals surface area contributed by atoms with Gasteiger partial charge < -0.3 is 5.32 Å². The van der Waals surface area contributed by atoms with Gasteiger partial charge in [-0.1, -0.05) is 0 Å².